The van der Waals surface area contributed by atoms with Crippen LogP contribution in [0.25, 0.3) is 0 Å². The molecule has 2 amide bonds. The summed E-state index contributed by atoms with van der Waals surface area (Å²) in [7, 11) is 0. The molecule has 4 rings (SSSR count). The summed E-state index contributed by atoms with van der Waals surface area (Å²) in [6, 6.07) is 17.3. The Morgan fingerprint density at radius 3 is 2.30 bits per heavy atom. The van der Waals surface area contributed by atoms with E-state index in [1.54, 1.807) is 17.3 Å². The van der Waals surface area contributed by atoms with Gasteiger partial charge in [0.15, 0.2) is 0 Å². The summed E-state index contributed by atoms with van der Waals surface area (Å²) in [5, 5.41) is 2.95. The fraction of sp³-hybridized carbons (Fsp3) is 0.227. The molecule has 3 aromatic rings. The Kier molecular flexibility index (Phi) is 6.44. The highest BCUT2D eigenvalue weighted by Gasteiger charge is 2.22. The standard InChI is InChI=1S/C22H22BrN5O2/c23-18-14-24-21(25-15-18)27-10-12-28(13-11-27)22(29)26-19-6-8-20(9-7-19)30-16-17-4-2-1-3-5-17/h1-9,14-15H,10-13,16H2,(H,26,29). The van der Waals surface area contributed by atoms with Crippen molar-refractivity contribution in [1.29, 1.82) is 0 Å². The molecule has 7 nitrogen and oxygen atoms in total. The summed E-state index contributed by atoms with van der Waals surface area (Å²) >= 11 is 3.34. The zero-order chi connectivity index (χ0) is 20.8. The second kappa shape index (κ2) is 9.58. The number of hydrogen-bond donors (Lipinski definition) is 1. The van der Waals surface area contributed by atoms with Crippen molar-refractivity contribution in [2.24, 2.45) is 0 Å². The molecule has 1 aromatic heterocycles. The molecule has 0 saturated carbocycles. The normalized spacial score (nSPS) is 13.8. The van der Waals surface area contributed by atoms with Crippen molar-refractivity contribution < 1.29 is 9.53 Å². The number of amides is 2. The molecule has 154 valence electrons. The molecule has 0 aliphatic carbocycles. The molecule has 0 bridgehead atoms. The molecular formula is C22H22BrN5O2. The number of benzene rings is 2. The third kappa shape index (κ3) is 5.27. The van der Waals surface area contributed by atoms with E-state index in [9.17, 15) is 4.79 Å². The van der Waals surface area contributed by atoms with Gasteiger partial charge in [0.1, 0.15) is 12.4 Å². The molecule has 0 radical (unpaired) electrons. The summed E-state index contributed by atoms with van der Waals surface area (Å²) in [6.07, 6.45) is 3.46. The third-order valence-electron chi connectivity index (χ3n) is 4.81. The molecule has 0 atom stereocenters. The molecule has 1 fully saturated rings. The van der Waals surface area contributed by atoms with E-state index in [2.05, 4.69) is 36.1 Å². The Morgan fingerprint density at radius 2 is 1.63 bits per heavy atom. The monoisotopic (exact) mass is 467 g/mol. The first-order valence-corrected chi connectivity index (χ1v) is 10.5. The van der Waals surface area contributed by atoms with E-state index in [1.165, 1.54) is 0 Å². The smallest absolute Gasteiger partial charge is 0.321 e. The lowest BCUT2D eigenvalue weighted by Gasteiger charge is -2.34. The molecule has 1 saturated heterocycles. The quantitative estimate of drug-likeness (QED) is 0.609. The summed E-state index contributed by atoms with van der Waals surface area (Å²) in [5.41, 5.74) is 1.85. The van der Waals surface area contributed by atoms with Gasteiger partial charge in [-0.05, 0) is 45.8 Å². The number of nitrogens with one attached hydrogen (secondary N) is 1. The van der Waals surface area contributed by atoms with Gasteiger partial charge in [-0.1, -0.05) is 30.3 Å². The molecule has 0 unspecified atom stereocenters. The Labute approximate surface area is 183 Å². The predicted octanol–water partition coefficient (Wildman–Crippen LogP) is 4.17. The minimum atomic E-state index is -0.107. The SMILES string of the molecule is O=C(Nc1ccc(OCc2ccccc2)cc1)N1CCN(c2ncc(Br)cn2)CC1. The van der Waals surface area contributed by atoms with Gasteiger partial charge in [0, 0.05) is 44.3 Å². The number of anilines is 2. The van der Waals surface area contributed by atoms with E-state index in [4.69, 9.17) is 4.74 Å². The van der Waals surface area contributed by atoms with Crippen LogP contribution < -0.4 is 15.0 Å². The Balaban J connectivity index is 1.25. The van der Waals surface area contributed by atoms with Crippen molar-refractivity contribution in [2.45, 2.75) is 6.61 Å². The van der Waals surface area contributed by atoms with Crippen LogP contribution in [0.2, 0.25) is 0 Å². The number of carbonyl (C=O) groups excluding carboxylic acids is 1. The van der Waals surface area contributed by atoms with Crippen LogP contribution in [0.4, 0.5) is 16.4 Å². The van der Waals surface area contributed by atoms with Crippen LogP contribution in [0.5, 0.6) is 5.75 Å². The van der Waals surface area contributed by atoms with E-state index in [-0.39, 0.29) is 6.03 Å². The Hall–Kier alpha value is -3.13. The average Bonchev–Trinajstić information content (AvgIpc) is 2.80. The fourth-order valence-electron chi connectivity index (χ4n) is 3.16. The molecule has 2 heterocycles. The number of rotatable bonds is 5. The van der Waals surface area contributed by atoms with E-state index >= 15 is 0 Å². The lowest BCUT2D eigenvalue weighted by molar-refractivity contribution is 0.208. The highest BCUT2D eigenvalue weighted by molar-refractivity contribution is 9.10. The zero-order valence-electron chi connectivity index (χ0n) is 16.4. The zero-order valence-corrected chi connectivity index (χ0v) is 18.0. The van der Waals surface area contributed by atoms with Gasteiger partial charge in [0.05, 0.1) is 4.47 Å². The van der Waals surface area contributed by atoms with Crippen LogP contribution >= 0.6 is 15.9 Å². The lowest BCUT2D eigenvalue weighted by Crippen LogP contribution is -2.50. The van der Waals surface area contributed by atoms with Crippen molar-refractivity contribution in [2.75, 3.05) is 36.4 Å². The lowest BCUT2D eigenvalue weighted by atomic mass is 10.2. The van der Waals surface area contributed by atoms with Gasteiger partial charge >= 0.3 is 6.03 Å². The van der Waals surface area contributed by atoms with Gasteiger partial charge in [-0.2, -0.15) is 0 Å². The number of nitrogens with zero attached hydrogens (tertiary/aromatic N) is 4. The van der Waals surface area contributed by atoms with Crippen molar-refractivity contribution in [3.63, 3.8) is 0 Å². The van der Waals surface area contributed by atoms with Crippen LogP contribution in [0.15, 0.2) is 71.5 Å². The molecule has 1 aliphatic heterocycles. The second-order valence-corrected chi connectivity index (χ2v) is 7.82. The summed E-state index contributed by atoms with van der Waals surface area (Å²) in [6.45, 7) is 3.13. The number of urea groups is 1. The van der Waals surface area contributed by atoms with E-state index in [0.717, 1.165) is 21.5 Å². The molecule has 2 aromatic carbocycles. The molecular weight excluding hydrogens is 446 g/mol. The van der Waals surface area contributed by atoms with Gasteiger partial charge in [-0.3, -0.25) is 0 Å². The minimum Gasteiger partial charge on any atom is -0.489 e. The Morgan fingerprint density at radius 1 is 0.967 bits per heavy atom. The summed E-state index contributed by atoms with van der Waals surface area (Å²) in [5.74, 6) is 1.45. The highest BCUT2D eigenvalue weighted by Crippen LogP contribution is 2.18. The Bertz CT molecular complexity index is 959. The van der Waals surface area contributed by atoms with Crippen LogP contribution in [-0.4, -0.2) is 47.1 Å². The van der Waals surface area contributed by atoms with E-state index in [0.29, 0.717) is 38.7 Å². The first-order chi connectivity index (χ1) is 14.7. The van der Waals surface area contributed by atoms with Gasteiger partial charge < -0.3 is 19.9 Å². The van der Waals surface area contributed by atoms with Crippen molar-refractivity contribution in [3.05, 3.63) is 77.0 Å². The van der Waals surface area contributed by atoms with Crippen molar-refractivity contribution in [3.8, 4) is 5.75 Å². The largest absolute Gasteiger partial charge is 0.489 e. The van der Waals surface area contributed by atoms with Crippen LogP contribution in [0, 0.1) is 0 Å². The van der Waals surface area contributed by atoms with E-state index in [1.807, 2.05) is 54.6 Å². The van der Waals surface area contributed by atoms with Gasteiger partial charge in [-0.15, -0.1) is 0 Å². The first-order valence-electron chi connectivity index (χ1n) is 9.72. The van der Waals surface area contributed by atoms with Crippen LogP contribution in [-0.2, 0) is 6.61 Å². The van der Waals surface area contributed by atoms with Crippen molar-refractivity contribution >= 4 is 33.6 Å². The van der Waals surface area contributed by atoms with Gasteiger partial charge in [-0.25, -0.2) is 14.8 Å². The fourth-order valence-corrected chi connectivity index (χ4v) is 3.36. The van der Waals surface area contributed by atoms with Crippen LogP contribution in [0.1, 0.15) is 5.56 Å². The molecule has 1 N–H and O–H groups in total. The third-order valence-corrected chi connectivity index (χ3v) is 5.22. The van der Waals surface area contributed by atoms with E-state index < -0.39 is 0 Å². The molecule has 30 heavy (non-hydrogen) atoms. The predicted molar refractivity (Wildman–Crippen MR) is 120 cm³/mol. The summed E-state index contributed by atoms with van der Waals surface area (Å²) in [4.78, 5) is 25.1. The first kappa shape index (κ1) is 20.2. The van der Waals surface area contributed by atoms with Gasteiger partial charge in [0.2, 0.25) is 5.95 Å². The molecule has 1 aliphatic rings. The number of hydrogen-bond acceptors (Lipinski definition) is 5. The highest BCUT2D eigenvalue weighted by atomic mass is 79.9. The van der Waals surface area contributed by atoms with Crippen LogP contribution in [0.3, 0.4) is 0 Å². The minimum absolute atomic E-state index is 0.107. The number of ether oxygens (including phenoxy) is 1. The average molecular weight is 468 g/mol. The maximum atomic E-state index is 12.6. The number of aromatic nitrogens is 2. The topological polar surface area (TPSA) is 70.6 Å². The molecule has 8 heteroatoms. The number of piperazine rings is 1. The maximum Gasteiger partial charge on any atom is 0.321 e. The molecule has 0 spiro atoms. The van der Waals surface area contributed by atoms with Gasteiger partial charge in [0.25, 0.3) is 0 Å². The second-order valence-electron chi connectivity index (χ2n) is 6.90. The maximum absolute atomic E-state index is 12.6. The van der Waals surface area contributed by atoms with Crippen molar-refractivity contribution in [1.82, 2.24) is 14.9 Å². The number of halogens is 1. The number of carbonyl (C=O) groups is 1. The summed E-state index contributed by atoms with van der Waals surface area (Å²) < 4.78 is 6.63.